The van der Waals surface area contributed by atoms with Crippen molar-refractivity contribution in [1.82, 2.24) is 4.57 Å². The maximum atomic E-state index is 13.7. The number of halogens is 1. The fraction of sp³-hybridized carbons (Fsp3) is 0.0556. The molecule has 0 atom stereocenters. The van der Waals surface area contributed by atoms with Crippen LogP contribution in [0.15, 0.2) is 48.5 Å². The second-order valence-corrected chi connectivity index (χ2v) is 4.86. The van der Waals surface area contributed by atoms with Crippen molar-refractivity contribution in [2.24, 2.45) is 0 Å². The van der Waals surface area contributed by atoms with Crippen LogP contribution in [0.1, 0.15) is 18.2 Å². The van der Waals surface area contributed by atoms with Gasteiger partial charge < -0.3 is 9.67 Å². The Kier molecular flexibility index (Phi) is 3.40. The van der Waals surface area contributed by atoms with Gasteiger partial charge in [0.05, 0.1) is 16.8 Å². The van der Waals surface area contributed by atoms with Gasteiger partial charge in [0.25, 0.3) is 0 Å². The van der Waals surface area contributed by atoms with Crippen LogP contribution in [0.2, 0.25) is 0 Å². The zero-order valence-electron chi connectivity index (χ0n) is 11.9. The Labute approximate surface area is 127 Å². The zero-order valence-corrected chi connectivity index (χ0v) is 11.9. The maximum Gasteiger partial charge on any atom is 0.166 e. The van der Waals surface area contributed by atoms with Crippen molar-refractivity contribution in [3.05, 3.63) is 65.6 Å². The number of fused-ring (bicyclic) bond motifs is 1. The molecule has 0 radical (unpaired) electrons. The molecule has 2 aromatic carbocycles. The molecule has 0 unspecified atom stereocenters. The maximum absolute atomic E-state index is 13.7. The van der Waals surface area contributed by atoms with E-state index < -0.39 is 11.6 Å². The Morgan fingerprint density at radius 1 is 1.23 bits per heavy atom. The lowest BCUT2D eigenvalue weighted by molar-refractivity contribution is 0.432. The van der Waals surface area contributed by atoms with Crippen LogP contribution in [0.5, 0.6) is 5.75 Å². The number of hydrogen-bond acceptors (Lipinski definition) is 2. The number of nitrogens with zero attached hydrogens (tertiary/aromatic N) is 2. The molecular weight excluding hydrogens is 279 g/mol. The highest BCUT2D eigenvalue weighted by molar-refractivity contribution is 5.92. The van der Waals surface area contributed by atoms with Gasteiger partial charge in [0.1, 0.15) is 6.07 Å². The lowest BCUT2D eigenvalue weighted by Gasteiger charge is -2.09. The molecule has 0 saturated heterocycles. The lowest BCUT2D eigenvalue weighted by Crippen LogP contribution is -1.98. The highest BCUT2D eigenvalue weighted by atomic mass is 19.1. The first-order valence-corrected chi connectivity index (χ1v) is 6.82. The summed E-state index contributed by atoms with van der Waals surface area (Å²) in [4.78, 5) is 0. The van der Waals surface area contributed by atoms with E-state index in [1.54, 1.807) is 6.07 Å². The molecule has 0 fully saturated rings. The highest BCUT2D eigenvalue weighted by Gasteiger charge is 2.16. The average Bonchev–Trinajstić information content (AvgIpc) is 2.84. The molecule has 0 bridgehead atoms. The first kappa shape index (κ1) is 13.9. The predicted molar refractivity (Wildman–Crippen MR) is 84.3 cm³/mol. The molecule has 3 aromatic rings. The Morgan fingerprint density at radius 3 is 2.68 bits per heavy atom. The van der Waals surface area contributed by atoms with E-state index in [0.29, 0.717) is 16.9 Å². The molecule has 1 heterocycles. The molecule has 1 aromatic heterocycles. The van der Waals surface area contributed by atoms with Gasteiger partial charge in [0.15, 0.2) is 11.6 Å². The van der Waals surface area contributed by atoms with Crippen LogP contribution in [0.4, 0.5) is 4.39 Å². The second-order valence-electron chi connectivity index (χ2n) is 4.86. The molecule has 0 amide bonds. The van der Waals surface area contributed by atoms with Gasteiger partial charge in [-0.25, -0.2) is 4.39 Å². The Hall–Kier alpha value is -3.06. The van der Waals surface area contributed by atoms with Crippen LogP contribution in [0.25, 0.3) is 22.7 Å². The summed E-state index contributed by atoms with van der Waals surface area (Å²) >= 11 is 0. The molecule has 108 valence electrons. The molecule has 0 saturated carbocycles. The SMILES string of the molecule is CC=Cc1c(C#N)c2ccccc2n1-c1ccc(O)c(F)c1. The minimum absolute atomic E-state index is 0.395. The molecule has 3 nitrogen and oxygen atoms in total. The molecular formula is C18H13FN2O. The molecule has 4 heteroatoms. The van der Waals surface area contributed by atoms with Crippen LogP contribution in [-0.2, 0) is 0 Å². The topological polar surface area (TPSA) is 49.0 Å². The van der Waals surface area contributed by atoms with Crippen molar-refractivity contribution in [3.63, 3.8) is 0 Å². The molecule has 0 aliphatic heterocycles. The summed E-state index contributed by atoms with van der Waals surface area (Å²) in [5, 5.41) is 19.7. The van der Waals surface area contributed by atoms with Crippen LogP contribution in [0, 0.1) is 17.1 Å². The Morgan fingerprint density at radius 2 is 2.00 bits per heavy atom. The number of phenols is 1. The third kappa shape index (κ3) is 2.04. The summed E-state index contributed by atoms with van der Waals surface area (Å²) < 4.78 is 15.5. The average molecular weight is 292 g/mol. The monoisotopic (exact) mass is 292 g/mol. The van der Waals surface area contributed by atoms with Gasteiger partial charge >= 0.3 is 0 Å². The van der Waals surface area contributed by atoms with E-state index in [2.05, 4.69) is 6.07 Å². The van der Waals surface area contributed by atoms with Gasteiger partial charge in [0.2, 0.25) is 0 Å². The van der Waals surface area contributed by atoms with E-state index >= 15 is 0 Å². The van der Waals surface area contributed by atoms with E-state index in [1.807, 2.05) is 47.9 Å². The molecule has 0 aliphatic carbocycles. The zero-order chi connectivity index (χ0) is 15.7. The van der Waals surface area contributed by atoms with Gasteiger partial charge in [-0.1, -0.05) is 24.3 Å². The third-order valence-electron chi connectivity index (χ3n) is 3.54. The van der Waals surface area contributed by atoms with E-state index in [9.17, 15) is 14.8 Å². The minimum Gasteiger partial charge on any atom is -0.505 e. The number of para-hydroxylation sites is 1. The second kappa shape index (κ2) is 5.38. The summed E-state index contributed by atoms with van der Waals surface area (Å²) in [6, 6.07) is 13.9. The lowest BCUT2D eigenvalue weighted by atomic mass is 10.1. The number of aromatic hydroxyl groups is 1. The highest BCUT2D eigenvalue weighted by Crippen LogP contribution is 2.31. The summed E-state index contributed by atoms with van der Waals surface area (Å²) in [6.07, 6.45) is 3.66. The summed E-state index contributed by atoms with van der Waals surface area (Å²) in [7, 11) is 0. The van der Waals surface area contributed by atoms with Gasteiger partial charge in [-0.2, -0.15) is 5.26 Å². The quantitative estimate of drug-likeness (QED) is 0.762. The Balaban J connectivity index is 2.44. The molecule has 1 N–H and O–H groups in total. The van der Waals surface area contributed by atoms with Gasteiger partial charge in [0, 0.05) is 17.1 Å². The van der Waals surface area contributed by atoms with Gasteiger partial charge in [-0.3, -0.25) is 0 Å². The smallest absolute Gasteiger partial charge is 0.166 e. The van der Waals surface area contributed by atoms with Crippen molar-refractivity contribution in [2.45, 2.75) is 6.92 Å². The number of phenolic OH excluding ortho intramolecular Hbond substituents is 1. The Bertz CT molecular complexity index is 932. The standard InChI is InChI=1S/C18H13FN2O/c1-2-5-16-14(11-20)13-6-3-4-7-17(13)21(16)12-8-9-18(22)15(19)10-12/h2-10,22H,1H3. The summed E-state index contributed by atoms with van der Waals surface area (Å²) in [5.74, 6) is -1.09. The van der Waals surface area contributed by atoms with Crippen molar-refractivity contribution < 1.29 is 9.50 Å². The van der Waals surface area contributed by atoms with Gasteiger partial charge in [-0.05, 0) is 31.2 Å². The summed E-state index contributed by atoms with van der Waals surface area (Å²) in [6.45, 7) is 1.86. The van der Waals surface area contributed by atoms with Crippen molar-refractivity contribution in [2.75, 3.05) is 0 Å². The number of rotatable bonds is 2. The number of nitriles is 1. The fourth-order valence-electron chi connectivity index (χ4n) is 2.61. The summed E-state index contributed by atoms with van der Waals surface area (Å²) in [5.41, 5.74) is 2.61. The van der Waals surface area contributed by atoms with E-state index in [0.717, 1.165) is 10.9 Å². The first-order valence-electron chi connectivity index (χ1n) is 6.82. The largest absolute Gasteiger partial charge is 0.505 e. The molecule has 0 aliphatic rings. The van der Waals surface area contributed by atoms with Crippen LogP contribution in [-0.4, -0.2) is 9.67 Å². The molecule has 0 spiro atoms. The van der Waals surface area contributed by atoms with Crippen LogP contribution < -0.4 is 0 Å². The number of allylic oxidation sites excluding steroid dienone is 1. The van der Waals surface area contributed by atoms with Crippen molar-refractivity contribution >= 4 is 17.0 Å². The predicted octanol–water partition coefficient (Wildman–Crippen LogP) is 4.38. The van der Waals surface area contributed by atoms with Crippen LogP contribution >= 0.6 is 0 Å². The van der Waals surface area contributed by atoms with E-state index in [-0.39, 0.29) is 0 Å². The van der Waals surface area contributed by atoms with E-state index in [4.69, 9.17) is 0 Å². The molecule has 3 rings (SSSR count). The van der Waals surface area contributed by atoms with Crippen LogP contribution in [0.3, 0.4) is 0 Å². The third-order valence-corrected chi connectivity index (χ3v) is 3.54. The number of aromatic nitrogens is 1. The fourth-order valence-corrected chi connectivity index (χ4v) is 2.61. The number of benzene rings is 2. The van der Waals surface area contributed by atoms with Crippen molar-refractivity contribution in [1.29, 1.82) is 5.26 Å². The van der Waals surface area contributed by atoms with Gasteiger partial charge in [-0.15, -0.1) is 0 Å². The number of hydrogen-bond donors (Lipinski definition) is 1. The normalized spacial score (nSPS) is 11.1. The van der Waals surface area contributed by atoms with E-state index in [1.165, 1.54) is 12.1 Å². The molecule has 22 heavy (non-hydrogen) atoms. The first-order chi connectivity index (χ1) is 10.7. The minimum atomic E-state index is -0.694. The van der Waals surface area contributed by atoms with Crippen molar-refractivity contribution in [3.8, 4) is 17.5 Å².